The summed E-state index contributed by atoms with van der Waals surface area (Å²) in [6, 6.07) is 0. The molecule has 0 spiro atoms. The van der Waals surface area contributed by atoms with Crippen LogP contribution in [0.15, 0.2) is 0 Å². The fraction of sp³-hybridized carbons (Fsp3) is 0.333. The first-order valence-corrected chi connectivity index (χ1v) is 2.59. The Labute approximate surface area is 44.7 Å². The second-order valence-electron chi connectivity index (χ2n) is 0.801. The number of carboxylic acids is 1. The summed E-state index contributed by atoms with van der Waals surface area (Å²) in [4.78, 5) is 19.0. The number of carbonyl (C=O) groups is 2. The van der Waals surface area contributed by atoms with Crippen LogP contribution in [-0.2, 0) is 9.59 Å². The lowest BCUT2D eigenvalue weighted by Gasteiger charge is -1.79. The molecule has 4 heteroatoms. The van der Waals surface area contributed by atoms with E-state index in [1.807, 2.05) is 0 Å². The van der Waals surface area contributed by atoms with E-state index in [2.05, 4.69) is 0 Å². The molecule has 0 aliphatic rings. The molecule has 0 saturated heterocycles. The molecule has 40 valence electrons. The number of hydrogen-bond acceptors (Lipinski definition) is 3. The maximum atomic E-state index is 9.58. The van der Waals surface area contributed by atoms with E-state index in [4.69, 9.17) is 5.11 Å². The summed E-state index contributed by atoms with van der Waals surface area (Å²) in [7, 11) is 0. The molecule has 0 aromatic carbocycles. The summed E-state index contributed by atoms with van der Waals surface area (Å²) in [6.45, 7) is 0. The predicted octanol–water partition coefficient (Wildman–Crippen LogP) is -0.00560. The van der Waals surface area contributed by atoms with Crippen molar-refractivity contribution in [3.63, 3.8) is 0 Å². The Morgan fingerprint density at radius 3 is 2.57 bits per heavy atom. The number of hydrogen-bond donors (Lipinski definition) is 1. The second kappa shape index (κ2) is 3.67. The molecule has 0 aliphatic heterocycles. The van der Waals surface area contributed by atoms with E-state index < -0.39 is 5.97 Å². The maximum absolute atomic E-state index is 9.58. The quantitative estimate of drug-likeness (QED) is 0.532. The van der Waals surface area contributed by atoms with E-state index in [1.54, 1.807) is 0 Å². The zero-order chi connectivity index (χ0) is 5.70. The highest BCUT2D eigenvalue weighted by Crippen LogP contribution is 1.89. The van der Waals surface area contributed by atoms with Crippen molar-refractivity contribution >= 4 is 23.3 Å². The number of rotatable bonds is 3. The van der Waals surface area contributed by atoms with Crippen molar-refractivity contribution < 1.29 is 14.7 Å². The largest absolute Gasteiger partial charge is 0.481 e. The first-order chi connectivity index (χ1) is 3.27. The van der Waals surface area contributed by atoms with Crippen LogP contribution in [0.2, 0.25) is 0 Å². The predicted molar refractivity (Wildman–Crippen MR) is 26.8 cm³/mol. The first kappa shape index (κ1) is 6.49. The summed E-state index contributed by atoms with van der Waals surface area (Å²) in [5.74, 6) is -1.10. The van der Waals surface area contributed by atoms with Gasteiger partial charge in [0.25, 0.3) is 0 Å². The Balaban J connectivity index is 2.97. The molecule has 0 aromatic heterocycles. The number of carbonyl (C=O) groups excluding carboxylic acids is 1. The van der Waals surface area contributed by atoms with Crippen molar-refractivity contribution in [2.24, 2.45) is 0 Å². The van der Waals surface area contributed by atoms with Crippen molar-refractivity contribution in [2.75, 3.05) is 5.75 Å². The average molecular weight is 120 g/mol. The molecule has 3 nitrogen and oxygen atoms in total. The van der Waals surface area contributed by atoms with Gasteiger partial charge in [-0.1, -0.05) is 11.8 Å². The summed E-state index contributed by atoms with van der Waals surface area (Å²) in [6.07, 6.45) is 0. The van der Waals surface area contributed by atoms with Crippen LogP contribution in [0.4, 0.5) is 0 Å². The van der Waals surface area contributed by atoms with Gasteiger partial charge in [0.05, 0.1) is 5.75 Å². The van der Waals surface area contributed by atoms with Gasteiger partial charge >= 0.3 is 5.97 Å². The Morgan fingerprint density at radius 2 is 2.43 bits per heavy atom. The Morgan fingerprint density at radius 1 is 1.86 bits per heavy atom. The van der Waals surface area contributed by atoms with Crippen LogP contribution in [0.25, 0.3) is 0 Å². The molecule has 7 heavy (non-hydrogen) atoms. The third kappa shape index (κ3) is 5.49. The van der Waals surface area contributed by atoms with Crippen LogP contribution in [0.3, 0.4) is 0 Å². The van der Waals surface area contributed by atoms with Gasteiger partial charge in [0, 0.05) is 0 Å². The average Bonchev–Trinajstić information content (AvgIpc) is 1.61. The van der Waals surface area contributed by atoms with Gasteiger partial charge in [-0.25, -0.2) is 0 Å². The van der Waals surface area contributed by atoms with Gasteiger partial charge in [0.2, 0.25) is 0 Å². The van der Waals surface area contributed by atoms with Crippen LogP contribution in [0.5, 0.6) is 0 Å². The molecule has 0 fully saturated rings. The van der Waals surface area contributed by atoms with Gasteiger partial charge in [0.15, 0.2) is 5.62 Å². The lowest BCUT2D eigenvalue weighted by molar-refractivity contribution is -0.133. The summed E-state index contributed by atoms with van der Waals surface area (Å²) in [5, 5.41) is 7.86. The number of carboxylic acid groups (broad SMARTS) is 1. The van der Waals surface area contributed by atoms with Crippen molar-refractivity contribution in [3.05, 3.63) is 0 Å². The topological polar surface area (TPSA) is 54.4 Å². The van der Waals surface area contributed by atoms with Crippen LogP contribution >= 0.6 is 11.8 Å². The summed E-state index contributed by atoms with van der Waals surface area (Å²) >= 11 is 0.736. The van der Waals surface area contributed by atoms with E-state index in [1.165, 1.54) is 0 Å². The van der Waals surface area contributed by atoms with Crippen molar-refractivity contribution in [1.82, 2.24) is 0 Å². The normalized spacial score (nSPS) is 8.00. The van der Waals surface area contributed by atoms with Crippen LogP contribution in [0, 0.1) is 0 Å². The fourth-order valence-electron chi connectivity index (χ4n) is 0.105. The Hall–Kier alpha value is -0.510. The number of thioether (sulfide) groups is 1. The lowest BCUT2D eigenvalue weighted by atomic mass is 10.8. The van der Waals surface area contributed by atoms with Gasteiger partial charge in [-0.05, 0) is 0 Å². The Kier molecular flexibility index (Phi) is 3.40. The highest BCUT2D eigenvalue weighted by Gasteiger charge is 1.91. The molecule has 1 N–H and O–H groups in total. The maximum Gasteiger partial charge on any atom is 0.313 e. The van der Waals surface area contributed by atoms with Crippen LogP contribution in [-0.4, -0.2) is 22.4 Å². The third-order valence-electron chi connectivity index (χ3n) is 0.275. The van der Waals surface area contributed by atoms with Gasteiger partial charge < -0.3 is 5.11 Å². The van der Waals surface area contributed by atoms with Crippen LogP contribution in [0.1, 0.15) is 0 Å². The fourth-order valence-corrected chi connectivity index (χ4v) is 0.316. The molecule has 0 aliphatic carbocycles. The van der Waals surface area contributed by atoms with Crippen molar-refractivity contribution in [3.8, 4) is 0 Å². The van der Waals surface area contributed by atoms with Crippen LogP contribution < -0.4 is 0 Å². The second-order valence-corrected chi connectivity index (χ2v) is 1.62. The summed E-state index contributed by atoms with van der Waals surface area (Å²) < 4.78 is 0. The van der Waals surface area contributed by atoms with Gasteiger partial charge in [-0.15, -0.1) is 0 Å². The van der Waals surface area contributed by atoms with E-state index in [9.17, 15) is 9.59 Å². The molecular weight excluding hydrogens is 116 g/mol. The molecule has 0 heterocycles. The van der Waals surface area contributed by atoms with Crippen molar-refractivity contribution in [2.45, 2.75) is 0 Å². The van der Waals surface area contributed by atoms with E-state index in [0.29, 0.717) is 5.62 Å². The third-order valence-corrected chi connectivity index (χ3v) is 0.825. The van der Waals surface area contributed by atoms with E-state index >= 15 is 0 Å². The molecule has 0 amide bonds. The molecule has 0 saturated carbocycles. The Bertz CT molecular complexity index is 80.2. The molecular formula is C3H4O3S. The molecule has 0 atom stereocenters. The first-order valence-electron chi connectivity index (χ1n) is 1.54. The highest BCUT2D eigenvalue weighted by molar-refractivity contribution is 8.12. The van der Waals surface area contributed by atoms with Gasteiger partial charge in [0.1, 0.15) is 0 Å². The zero-order valence-electron chi connectivity index (χ0n) is 3.46. The minimum atomic E-state index is -0.961. The SMILES string of the molecule is O=CSCC(=O)O. The molecule has 0 radical (unpaired) electrons. The van der Waals surface area contributed by atoms with E-state index in [0.717, 1.165) is 11.8 Å². The molecule has 0 aromatic rings. The smallest absolute Gasteiger partial charge is 0.313 e. The number of aliphatic carboxylic acids is 1. The standard InChI is InChI=1S/C3H4O3S/c4-2-7-1-3(5)6/h2H,1H2,(H,5,6). The highest BCUT2D eigenvalue weighted by atomic mass is 32.2. The van der Waals surface area contributed by atoms with Gasteiger partial charge in [-0.2, -0.15) is 0 Å². The zero-order valence-corrected chi connectivity index (χ0v) is 4.27. The molecule has 0 bridgehead atoms. The lowest BCUT2D eigenvalue weighted by Crippen LogP contribution is -1.96. The molecule has 0 rings (SSSR count). The minimum absolute atomic E-state index is 0.135. The van der Waals surface area contributed by atoms with Crippen molar-refractivity contribution in [1.29, 1.82) is 0 Å². The van der Waals surface area contributed by atoms with Gasteiger partial charge in [-0.3, -0.25) is 9.59 Å². The summed E-state index contributed by atoms with van der Waals surface area (Å²) in [5.41, 5.74) is 0.508. The molecule has 0 unspecified atom stereocenters. The van der Waals surface area contributed by atoms with E-state index in [-0.39, 0.29) is 5.75 Å². The minimum Gasteiger partial charge on any atom is -0.481 e. The monoisotopic (exact) mass is 120 g/mol.